The molecule has 3 rings (SSSR count). The van der Waals surface area contributed by atoms with Gasteiger partial charge in [-0.25, -0.2) is 8.42 Å². The third-order valence-corrected chi connectivity index (χ3v) is 5.56. The Hall–Kier alpha value is -1.86. The van der Waals surface area contributed by atoms with Crippen LogP contribution in [0.3, 0.4) is 0 Å². The van der Waals surface area contributed by atoms with Crippen LogP contribution in [0, 0.1) is 0 Å². The molecule has 1 aromatic heterocycles. The summed E-state index contributed by atoms with van der Waals surface area (Å²) >= 11 is 0. The summed E-state index contributed by atoms with van der Waals surface area (Å²) < 4.78 is 24.4. The van der Waals surface area contributed by atoms with E-state index < -0.39 is 14.3 Å². The molecule has 1 aliphatic heterocycles. The summed E-state index contributed by atoms with van der Waals surface area (Å²) in [6.45, 7) is 0.0540. The minimum atomic E-state index is -3.75. The monoisotopic (exact) mass is 339 g/mol. The molecule has 1 aliphatic rings. The molecule has 0 N–H and O–H groups in total. The van der Waals surface area contributed by atoms with Gasteiger partial charge < -0.3 is 0 Å². The molecule has 1 saturated heterocycles. The number of carbonyl (C=O) groups is 1. The van der Waals surface area contributed by atoms with Crippen LogP contribution in [0.1, 0.15) is 6.42 Å². The highest BCUT2D eigenvalue weighted by Crippen LogP contribution is 2.29. The fourth-order valence-corrected chi connectivity index (χ4v) is 3.57. The van der Waals surface area contributed by atoms with Gasteiger partial charge in [-0.2, -0.15) is 5.10 Å². The Kier molecular flexibility index (Phi) is 3.70. The lowest BCUT2D eigenvalue weighted by Gasteiger charge is -2.15. The van der Waals surface area contributed by atoms with Crippen molar-refractivity contribution in [2.24, 2.45) is 7.05 Å². The van der Waals surface area contributed by atoms with E-state index in [2.05, 4.69) is 5.10 Å². The Morgan fingerprint density at radius 1 is 1.27 bits per heavy atom. The number of aromatic nitrogens is 2. The van der Waals surface area contributed by atoms with E-state index >= 15 is 0 Å². The quantitative estimate of drug-likeness (QED) is 0.799. The summed E-state index contributed by atoms with van der Waals surface area (Å²) in [5.41, 5.74) is 1.65. The van der Waals surface area contributed by atoms with Gasteiger partial charge in [0, 0.05) is 42.3 Å². The maximum Gasteiger partial charge on any atom is 0.237 e. The molecule has 1 aromatic carbocycles. The first-order valence-corrected chi connectivity index (χ1v) is 9.07. The zero-order valence-corrected chi connectivity index (χ0v) is 13.4. The molecule has 0 spiro atoms. The number of nitrogens with zero attached hydrogens (tertiary/aromatic N) is 3. The van der Waals surface area contributed by atoms with E-state index in [1.54, 1.807) is 17.8 Å². The third kappa shape index (κ3) is 2.74. The van der Waals surface area contributed by atoms with Crippen molar-refractivity contribution >= 4 is 31.5 Å². The molecular formula is C14H14ClN3O3S. The molecule has 1 unspecified atom stereocenters. The number of halogens is 1. The van der Waals surface area contributed by atoms with Gasteiger partial charge in [0.2, 0.25) is 15.0 Å². The van der Waals surface area contributed by atoms with Crippen LogP contribution >= 0.6 is 10.7 Å². The molecule has 0 saturated carbocycles. The Balaban J connectivity index is 1.93. The van der Waals surface area contributed by atoms with E-state index in [1.165, 1.54) is 4.90 Å². The summed E-state index contributed by atoms with van der Waals surface area (Å²) in [4.78, 5) is 13.5. The molecule has 6 nitrogen and oxygen atoms in total. The summed E-state index contributed by atoms with van der Waals surface area (Å²) in [6.07, 6.45) is -0.0995. The standard InChI is InChI=1S/C14H14ClN3O3S/c1-17-13(8-12(16-17)10-5-3-2-4-6-10)18-9-11(7-14(18)19)22(15,20)21/h2-6,8,11H,7,9H2,1H3. The van der Waals surface area contributed by atoms with E-state index in [4.69, 9.17) is 10.7 Å². The molecule has 0 radical (unpaired) electrons. The second kappa shape index (κ2) is 5.40. The van der Waals surface area contributed by atoms with Crippen LogP contribution in [0.25, 0.3) is 11.3 Å². The Bertz CT molecular complexity index is 817. The van der Waals surface area contributed by atoms with Gasteiger partial charge in [-0.1, -0.05) is 30.3 Å². The average Bonchev–Trinajstić information content (AvgIpc) is 3.02. The molecular weight excluding hydrogens is 326 g/mol. The number of hydrogen-bond donors (Lipinski definition) is 0. The van der Waals surface area contributed by atoms with Crippen molar-refractivity contribution in [1.82, 2.24) is 9.78 Å². The number of benzene rings is 1. The summed E-state index contributed by atoms with van der Waals surface area (Å²) in [7, 11) is 3.33. The topological polar surface area (TPSA) is 72.3 Å². The molecule has 1 fully saturated rings. The number of carbonyl (C=O) groups excluding carboxylic acids is 1. The van der Waals surface area contributed by atoms with Gasteiger partial charge in [0.05, 0.1) is 5.69 Å². The molecule has 1 atom stereocenters. The largest absolute Gasteiger partial charge is 0.296 e. The molecule has 0 aliphatic carbocycles. The van der Waals surface area contributed by atoms with Crippen LogP contribution in [0.4, 0.5) is 5.82 Å². The highest BCUT2D eigenvalue weighted by Gasteiger charge is 2.39. The summed E-state index contributed by atoms with van der Waals surface area (Å²) in [6, 6.07) is 11.3. The van der Waals surface area contributed by atoms with E-state index in [1.807, 2.05) is 30.3 Å². The molecule has 22 heavy (non-hydrogen) atoms. The van der Waals surface area contributed by atoms with E-state index in [-0.39, 0.29) is 18.9 Å². The van der Waals surface area contributed by atoms with Gasteiger partial charge in [0.25, 0.3) is 0 Å². The molecule has 116 valence electrons. The molecule has 1 amide bonds. The van der Waals surface area contributed by atoms with Gasteiger partial charge in [0.1, 0.15) is 11.1 Å². The van der Waals surface area contributed by atoms with Crippen LogP contribution < -0.4 is 4.90 Å². The third-order valence-electron chi connectivity index (χ3n) is 3.69. The fraction of sp³-hybridized carbons (Fsp3) is 0.286. The van der Waals surface area contributed by atoms with Crippen molar-refractivity contribution in [3.8, 4) is 11.3 Å². The smallest absolute Gasteiger partial charge is 0.237 e. The van der Waals surface area contributed by atoms with Crippen molar-refractivity contribution in [3.05, 3.63) is 36.4 Å². The minimum Gasteiger partial charge on any atom is -0.296 e. The van der Waals surface area contributed by atoms with Crippen molar-refractivity contribution < 1.29 is 13.2 Å². The first kappa shape index (κ1) is 15.1. The first-order chi connectivity index (χ1) is 10.4. The summed E-state index contributed by atoms with van der Waals surface area (Å²) in [5.74, 6) is 0.295. The number of anilines is 1. The predicted molar refractivity (Wildman–Crippen MR) is 84.2 cm³/mol. The Labute approximate surface area is 132 Å². The van der Waals surface area contributed by atoms with Gasteiger partial charge in [0.15, 0.2) is 0 Å². The van der Waals surface area contributed by atoms with Crippen LogP contribution in [-0.4, -0.2) is 35.9 Å². The van der Waals surface area contributed by atoms with Crippen molar-refractivity contribution in [1.29, 1.82) is 0 Å². The summed E-state index contributed by atoms with van der Waals surface area (Å²) in [5, 5.41) is 3.51. The number of amides is 1. The minimum absolute atomic E-state index is 0.0540. The molecule has 2 aromatic rings. The second-order valence-corrected chi connectivity index (χ2v) is 8.09. The first-order valence-electron chi connectivity index (χ1n) is 6.69. The Morgan fingerprint density at radius 2 is 1.95 bits per heavy atom. The normalized spacial score (nSPS) is 18.9. The highest BCUT2D eigenvalue weighted by atomic mass is 35.7. The fourth-order valence-electron chi connectivity index (χ4n) is 2.54. The number of aryl methyl sites for hydroxylation is 1. The van der Waals surface area contributed by atoms with Crippen LogP contribution in [-0.2, 0) is 20.9 Å². The zero-order chi connectivity index (χ0) is 15.9. The number of hydrogen-bond acceptors (Lipinski definition) is 4. The maximum atomic E-state index is 12.1. The van der Waals surface area contributed by atoms with Crippen molar-refractivity contribution in [2.45, 2.75) is 11.7 Å². The Morgan fingerprint density at radius 3 is 2.55 bits per heavy atom. The van der Waals surface area contributed by atoms with Crippen molar-refractivity contribution in [3.63, 3.8) is 0 Å². The van der Waals surface area contributed by atoms with E-state index in [0.717, 1.165) is 11.3 Å². The zero-order valence-electron chi connectivity index (χ0n) is 11.8. The maximum absolute atomic E-state index is 12.1. The SMILES string of the molecule is Cn1nc(-c2ccccc2)cc1N1CC(S(=O)(=O)Cl)CC1=O. The molecule has 8 heteroatoms. The van der Waals surface area contributed by atoms with E-state index in [9.17, 15) is 13.2 Å². The lowest BCUT2D eigenvalue weighted by atomic mass is 10.1. The van der Waals surface area contributed by atoms with Gasteiger partial charge in [-0.15, -0.1) is 0 Å². The lowest BCUT2D eigenvalue weighted by molar-refractivity contribution is -0.117. The van der Waals surface area contributed by atoms with E-state index in [0.29, 0.717) is 5.82 Å². The van der Waals surface area contributed by atoms with Gasteiger partial charge >= 0.3 is 0 Å². The molecule has 0 bridgehead atoms. The highest BCUT2D eigenvalue weighted by molar-refractivity contribution is 8.14. The van der Waals surface area contributed by atoms with Gasteiger partial charge in [-0.3, -0.25) is 14.4 Å². The number of rotatable bonds is 3. The van der Waals surface area contributed by atoms with Crippen LogP contribution in [0.5, 0.6) is 0 Å². The predicted octanol–water partition coefficient (Wildman–Crippen LogP) is 1.76. The average molecular weight is 340 g/mol. The second-order valence-electron chi connectivity index (χ2n) is 5.18. The molecule has 2 heterocycles. The van der Waals surface area contributed by atoms with Crippen molar-refractivity contribution in [2.75, 3.05) is 11.4 Å². The van der Waals surface area contributed by atoms with Gasteiger partial charge in [-0.05, 0) is 0 Å². The van der Waals surface area contributed by atoms with Crippen LogP contribution in [0.15, 0.2) is 36.4 Å². The lowest BCUT2D eigenvalue weighted by Crippen LogP contribution is -2.28. The van der Waals surface area contributed by atoms with Crippen LogP contribution in [0.2, 0.25) is 0 Å².